The molecule has 0 radical (unpaired) electrons. The Morgan fingerprint density at radius 1 is 1.31 bits per heavy atom. The molecule has 3 rings (SSSR count). The minimum Gasteiger partial charge on any atom is -0.455 e. The lowest BCUT2D eigenvalue weighted by molar-refractivity contribution is -0.0693. The fraction of sp³-hybridized carbons (Fsp3) is 0.500. The highest BCUT2D eigenvalue weighted by molar-refractivity contribution is 5.93. The van der Waals surface area contributed by atoms with Crippen LogP contribution in [0, 0.1) is 11.7 Å². The molecule has 1 aliphatic heterocycles. The maximum atomic E-state index is 14.5. The van der Waals surface area contributed by atoms with E-state index in [1.807, 2.05) is 0 Å². The van der Waals surface area contributed by atoms with Crippen LogP contribution in [0.5, 0.6) is 0 Å². The van der Waals surface area contributed by atoms with Crippen LogP contribution in [0.4, 0.5) is 22.0 Å². The molecule has 1 aromatic carbocycles. The second-order valence-corrected chi connectivity index (χ2v) is 6.66. The molecule has 1 aliphatic carbocycles. The standard InChI is InChI=1S/C16H16F5N3O2/c17-6-14-5-15(20,21)4-11(14)16(7-18,24-13(23)26-14)9-3-8(12(22)25)1-2-10(9)19/h1-3,11H,4-7H2,(H2,22,25)(H2,23,24)/t11?,14-,16?/m0/s1. The van der Waals surface area contributed by atoms with Gasteiger partial charge in [-0.2, -0.15) is 0 Å². The lowest BCUT2D eigenvalue weighted by Crippen LogP contribution is -2.57. The summed E-state index contributed by atoms with van der Waals surface area (Å²) in [6, 6.07) is 2.11. The topological polar surface area (TPSA) is 90.7 Å². The van der Waals surface area contributed by atoms with Crippen molar-refractivity contribution in [3.63, 3.8) is 0 Å². The zero-order valence-corrected chi connectivity index (χ0v) is 13.4. The maximum Gasteiger partial charge on any atom is 0.283 e. The molecule has 10 heteroatoms. The number of amides is 1. The Morgan fingerprint density at radius 2 is 2.00 bits per heavy atom. The van der Waals surface area contributed by atoms with E-state index in [2.05, 4.69) is 4.99 Å². The van der Waals surface area contributed by atoms with E-state index >= 15 is 0 Å². The summed E-state index contributed by atoms with van der Waals surface area (Å²) in [5.74, 6) is -6.86. The second-order valence-electron chi connectivity index (χ2n) is 6.66. The van der Waals surface area contributed by atoms with Crippen molar-refractivity contribution in [1.29, 1.82) is 0 Å². The Kier molecular flexibility index (Phi) is 4.12. The number of rotatable bonds is 4. The monoisotopic (exact) mass is 377 g/mol. The number of hydrogen-bond donors (Lipinski definition) is 2. The van der Waals surface area contributed by atoms with Crippen LogP contribution in [-0.4, -0.2) is 36.8 Å². The zero-order chi connectivity index (χ0) is 19.3. The van der Waals surface area contributed by atoms with Crippen LogP contribution in [0.2, 0.25) is 0 Å². The van der Waals surface area contributed by atoms with Gasteiger partial charge in [0.2, 0.25) is 5.91 Å². The van der Waals surface area contributed by atoms with Crippen molar-refractivity contribution in [2.75, 3.05) is 13.3 Å². The average Bonchev–Trinajstić information content (AvgIpc) is 2.85. The number of benzene rings is 1. The average molecular weight is 377 g/mol. The van der Waals surface area contributed by atoms with Gasteiger partial charge in [-0.1, -0.05) is 0 Å². The van der Waals surface area contributed by atoms with Crippen LogP contribution in [0.25, 0.3) is 0 Å². The summed E-state index contributed by atoms with van der Waals surface area (Å²) in [5.41, 5.74) is 5.59. The van der Waals surface area contributed by atoms with E-state index in [-0.39, 0.29) is 5.56 Å². The molecule has 5 nitrogen and oxygen atoms in total. The summed E-state index contributed by atoms with van der Waals surface area (Å²) in [6.07, 6.45) is -2.02. The number of nitrogens with two attached hydrogens (primary N) is 2. The lowest BCUT2D eigenvalue weighted by atomic mass is 9.71. The fourth-order valence-corrected chi connectivity index (χ4v) is 3.96. The quantitative estimate of drug-likeness (QED) is 0.788. The van der Waals surface area contributed by atoms with Gasteiger partial charge in [-0.3, -0.25) is 4.79 Å². The minimum absolute atomic E-state index is 0.176. The first-order valence-corrected chi connectivity index (χ1v) is 7.73. The largest absolute Gasteiger partial charge is 0.455 e. The number of alkyl halides is 4. The fourth-order valence-electron chi connectivity index (χ4n) is 3.96. The van der Waals surface area contributed by atoms with Gasteiger partial charge in [0.15, 0.2) is 5.60 Å². The molecule has 142 valence electrons. The van der Waals surface area contributed by atoms with Crippen molar-refractivity contribution >= 4 is 11.9 Å². The van der Waals surface area contributed by atoms with Crippen molar-refractivity contribution in [2.24, 2.45) is 22.4 Å². The SMILES string of the molecule is NC(=O)c1ccc(F)c(C2(CF)N=C(N)O[C@]3(CF)CC(F)(F)CC23)c1. The number of primary amides is 1. The summed E-state index contributed by atoms with van der Waals surface area (Å²) in [7, 11) is 0. The molecular formula is C16H16F5N3O2. The summed E-state index contributed by atoms with van der Waals surface area (Å²) in [5, 5.41) is 0. The van der Waals surface area contributed by atoms with Crippen molar-refractivity contribution in [1.82, 2.24) is 0 Å². The molecule has 2 aliphatic rings. The molecule has 0 saturated heterocycles. The Bertz CT molecular complexity index is 787. The molecule has 1 heterocycles. The van der Waals surface area contributed by atoms with Gasteiger partial charge in [0.25, 0.3) is 11.9 Å². The number of carbonyl (C=O) groups is 1. The van der Waals surface area contributed by atoms with Crippen molar-refractivity contribution < 1.29 is 31.5 Å². The van der Waals surface area contributed by atoms with E-state index < -0.39 is 72.5 Å². The highest BCUT2D eigenvalue weighted by atomic mass is 19.3. The molecule has 2 unspecified atom stereocenters. The van der Waals surface area contributed by atoms with Crippen LogP contribution >= 0.6 is 0 Å². The molecule has 1 aromatic rings. The normalized spacial score (nSPS) is 32.5. The third-order valence-electron chi connectivity index (χ3n) is 5.04. The van der Waals surface area contributed by atoms with Gasteiger partial charge in [-0.25, -0.2) is 26.9 Å². The van der Waals surface area contributed by atoms with Gasteiger partial charge in [0.1, 0.15) is 24.7 Å². The third-order valence-corrected chi connectivity index (χ3v) is 5.04. The number of fused-ring (bicyclic) bond motifs is 1. The first kappa shape index (κ1) is 18.4. The first-order chi connectivity index (χ1) is 12.1. The molecule has 26 heavy (non-hydrogen) atoms. The van der Waals surface area contributed by atoms with Crippen LogP contribution < -0.4 is 11.5 Å². The Morgan fingerprint density at radius 3 is 2.58 bits per heavy atom. The van der Waals surface area contributed by atoms with E-state index in [0.29, 0.717) is 0 Å². The lowest BCUT2D eigenvalue weighted by Gasteiger charge is -2.46. The molecule has 0 bridgehead atoms. The number of carbonyl (C=O) groups excluding carboxylic acids is 1. The van der Waals surface area contributed by atoms with Gasteiger partial charge in [-0.05, 0) is 18.2 Å². The van der Waals surface area contributed by atoms with E-state index in [1.165, 1.54) is 0 Å². The van der Waals surface area contributed by atoms with E-state index in [4.69, 9.17) is 16.2 Å². The number of aliphatic imine (C=N–C) groups is 1. The molecule has 1 saturated carbocycles. The van der Waals surface area contributed by atoms with Crippen molar-refractivity contribution in [3.05, 3.63) is 35.1 Å². The summed E-state index contributed by atoms with van der Waals surface area (Å²) >= 11 is 0. The van der Waals surface area contributed by atoms with E-state index in [1.54, 1.807) is 0 Å². The molecule has 0 spiro atoms. The molecule has 3 atom stereocenters. The van der Waals surface area contributed by atoms with Crippen LogP contribution in [0.3, 0.4) is 0 Å². The van der Waals surface area contributed by atoms with E-state index in [9.17, 15) is 26.7 Å². The highest BCUT2D eigenvalue weighted by Crippen LogP contribution is 2.58. The zero-order valence-electron chi connectivity index (χ0n) is 13.4. The maximum absolute atomic E-state index is 14.5. The van der Waals surface area contributed by atoms with Gasteiger partial charge < -0.3 is 16.2 Å². The number of ether oxygens (including phenoxy) is 1. The van der Waals surface area contributed by atoms with Gasteiger partial charge in [-0.15, -0.1) is 0 Å². The summed E-state index contributed by atoms with van der Waals surface area (Å²) in [6.45, 7) is -2.83. The highest BCUT2D eigenvalue weighted by Gasteiger charge is 2.68. The van der Waals surface area contributed by atoms with Crippen molar-refractivity contribution in [3.8, 4) is 0 Å². The molecule has 1 fully saturated rings. The molecular weight excluding hydrogens is 361 g/mol. The number of hydrogen-bond acceptors (Lipinski definition) is 4. The first-order valence-electron chi connectivity index (χ1n) is 7.73. The number of halogens is 5. The predicted molar refractivity (Wildman–Crippen MR) is 81.7 cm³/mol. The van der Waals surface area contributed by atoms with Gasteiger partial charge in [0, 0.05) is 23.5 Å². The second kappa shape index (κ2) is 5.82. The summed E-state index contributed by atoms with van der Waals surface area (Å²) < 4.78 is 75.8. The molecule has 0 aromatic heterocycles. The van der Waals surface area contributed by atoms with Crippen molar-refractivity contribution in [2.45, 2.75) is 29.9 Å². The minimum atomic E-state index is -3.38. The Hall–Kier alpha value is -2.39. The smallest absolute Gasteiger partial charge is 0.283 e. The van der Waals surface area contributed by atoms with Gasteiger partial charge >= 0.3 is 0 Å². The molecule has 1 amide bonds. The molecule has 4 N–H and O–H groups in total. The third kappa shape index (κ3) is 2.58. The number of nitrogens with zero attached hydrogens (tertiary/aromatic N) is 1. The predicted octanol–water partition coefficient (Wildman–Crippen LogP) is 2.19. The Labute approximate surface area is 145 Å². The van der Waals surface area contributed by atoms with Crippen LogP contribution in [0.1, 0.15) is 28.8 Å². The van der Waals surface area contributed by atoms with Crippen LogP contribution in [-0.2, 0) is 10.3 Å². The Balaban J connectivity index is 2.26. The number of amidine groups is 1. The summed E-state index contributed by atoms with van der Waals surface area (Å²) in [4.78, 5) is 15.2. The van der Waals surface area contributed by atoms with E-state index in [0.717, 1.165) is 18.2 Å². The van der Waals surface area contributed by atoms with Gasteiger partial charge in [0.05, 0.1) is 6.42 Å². The van der Waals surface area contributed by atoms with Crippen LogP contribution in [0.15, 0.2) is 23.2 Å².